The van der Waals surface area contributed by atoms with E-state index in [0.29, 0.717) is 22.1 Å². The molecule has 3 rings (SSSR count). The van der Waals surface area contributed by atoms with E-state index < -0.39 is 6.61 Å². The molecule has 0 aliphatic carbocycles. The van der Waals surface area contributed by atoms with Gasteiger partial charge in [-0.05, 0) is 48.5 Å². The monoisotopic (exact) mass is 379 g/mol. The lowest BCUT2D eigenvalue weighted by Crippen LogP contribution is -2.04. The SMILES string of the molecule is O=C(CSc1ncc(-c2ccc(F)cc2)o1)c1ccc(OC(F)F)cc1. The molecule has 26 heavy (non-hydrogen) atoms. The fraction of sp³-hybridized carbons (Fsp3) is 0.111. The Kier molecular flexibility index (Phi) is 5.62. The smallest absolute Gasteiger partial charge is 0.387 e. The van der Waals surface area contributed by atoms with Gasteiger partial charge < -0.3 is 9.15 Å². The Morgan fingerprint density at radius 3 is 2.46 bits per heavy atom. The first-order chi connectivity index (χ1) is 12.5. The molecule has 1 aromatic heterocycles. The summed E-state index contributed by atoms with van der Waals surface area (Å²) in [5, 5.41) is 0.301. The van der Waals surface area contributed by atoms with Crippen LogP contribution in [0.2, 0.25) is 0 Å². The number of aromatic nitrogens is 1. The van der Waals surface area contributed by atoms with Crippen molar-refractivity contribution in [3.63, 3.8) is 0 Å². The van der Waals surface area contributed by atoms with Crippen LogP contribution in [0.4, 0.5) is 13.2 Å². The van der Waals surface area contributed by atoms with Crippen LogP contribution in [0.15, 0.2) is 64.4 Å². The third-order valence-electron chi connectivity index (χ3n) is 3.34. The van der Waals surface area contributed by atoms with E-state index >= 15 is 0 Å². The lowest BCUT2D eigenvalue weighted by Gasteiger charge is -2.05. The molecule has 0 bridgehead atoms. The van der Waals surface area contributed by atoms with E-state index in [2.05, 4.69) is 9.72 Å². The number of Topliss-reactive ketones (excluding diaryl/α,β-unsaturated/α-hetero) is 1. The maximum atomic E-state index is 12.9. The van der Waals surface area contributed by atoms with E-state index in [0.717, 1.165) is 11.8 Å². The molecule has 0 radical (unpaired) electrons. The Morgan fingerprint density at radius 1 is 1.12 bits per heavy atom. The van der Waals surface area contributed by atoms with Crippen LogP contribution >= 0.6 is 11.8 Å². The van der Waals surface area contributed by atoms with Crippen molar-refractivity contribution in [2.75, 3.05) is 5.75 Å². The van der Waals surface area contributed by atoms with Crippen molar-refractivity contribution in [1.82, 2.24) is 4.98 Å². The number of halogens is 3. The number of benzene rings is 2. The Morgan fingerprint density at radius 2 is 1.81 bits per heavy atom. The van der Waals surface area contributed by atoms with Crippen molar-refractivity contribution in [1.29, 1.82) is 0 Å². The normalized spacial score (nSPS) is 10.9. The molecule has 2 aromatic carbocycles. The Hall–Kier alpha value is -2.74. The summed E-state index contributed by atoms with van der Waals surface area (Å²) < 4.78 is 46.9. The summed E-state index contributed by atoms with van der Waals surface area (Å²) in [6.45, 7) is -2.91. The molecule has 1 heterocycles. The number of nitrogens with zero attached hydrogens (tertiary/aromatic N) is 1. The quantitative estimate of drug-likeness (QED) is 0.424. The summed E-state index contributed by atoms with van der Waals surface area (Å²) in [5.74, 6) is -0.0360. The van der Waals surface area contributed by atoms with Crippen molar-refractivity contribution >= 4 is 17.5 Å². The van der Waals surface area contributed by atoms with E-state index in [9.17, 15) is 18.0 Å². The van der Waals surface area contributed by atoms with Crippen LogP contribution in [0.25, 0.3) is 11.3 Å². The summed E-state index contributed by atoms with van der Waals surface area (Å²) in [7, 11) is 0. The number of rotatable bonds is 7. The molecule has 3 aromatic rings. The maximum Gasteiger partial charge on any atom is 0.387 e. The molecule has 0 saturated heterocycles. The van der Waals surface area contributed by atoms with Crippen LogP contribution < -0.4 is 4.74 Å². The van der Waals surface area contributed by atoms with Gasteiger partial charge in [0.05, 0.1) is 11.9 Å². The second kappa shape index (κ2) is 8.09. The number of carbonyl (C=O) groups excluding carboxylic acids is 1. The van der Waals surface area contributed by atoms with Gasteiger partial charge in [0.25, 0.3) is 5.22 Å². The van der Waals surface area contributed by atoms with Crippen LogP contribution in [-0.2, 0) is 0 Å². The second-order valence-corrected chi connectivity index (χ2v) is 6.04. The highest BCUT2D eigenvalue weighted by molar-refractivity contribution is 7.99. The molecule has 0 unspecified atom stereocenters. The molecule has 0 aliphatic rings. The van der Waals surface area contributed by atoms with Crippen LogP contribution in [0.3, 0.4) is 0 Å². The number of hydrogen-bond acceptors (Lipinski definition) is 5. The average molecular weight is 379 g/mol. The van der Waals surface area contributed by atoms with Gasteiger partial charge in [-0.3, -0.25) is 4.79 Å². The van der Waals surface area contributed by atoms with E-state index in [1.165, 1.54) is 42.6 Å². The number of thioether (sulfide) groups is 1. The van der Waals surface area contributed by atoms with Gasteiger partial charge in [0.1, 0.15) is 11.6 Å². The van der Waals surface area contributed by atoms with Gasteiger partial charge >= 0.3 is 6.61 Å². The largest absolute Gasteiger partial charge is 0.435 e. The van der Waals surface area contributed by atoms with Crippen LogP contribution in [0, 0.1) is 5.82 Å². The number of alkyl halides is 2. The van der Waals surface area contributed by atoms with Crippen molar-refractivity contribution in [2.24, 2.45) is 0 Å². The Balaban J connectivity index is 1.58. The Labute approximate surface area is 151 Å². The predicted molar refractivity (Wildman–Crippen MR) is 90.0 cm³/mol. The van der Waals surface area contributed by atoms with Gasteiger partial charge in [-0.15, -0.1) is 0 Å². The molecule has 0 spiro atoms. The fourth-order valence-corrected chi connectivity index (χ4v) is 2.80. The third-order valence-corrected chi connectivity index (χ3v) is 4.18. The molecule has 0 N–H and O–H groups in total. The van der Waals surface area contributed by atoms with Crippen molar-refractivity contribution in [2.45, 2.75) is 11.8 Å². The minimum atomic E-state index is -2.91. The number of oxazole rings is 1. The van der Waals surface area contributed by atoms with Crippen molar-refractivity contribution in [3.8, 4) is 17.1 Å². The highest BCUT2D eigenvalue weighted by Gasteiger charge is 2.12. The number of carbonyl (C=O) groups is 1. The number of ketones is 1. The minimum absolute atomic E-state index is 0.0131. The van der Waals surface area contributed by atoms with Crippen LogP contribution in [0.5, 0.6) is 5.75 Å². The summed E-state index contributed by atoms with van der Waals surface area (Å²) in [5.41, 5.74) is 1.04. The van der Waals surface area contributed by atoms with E-state index in [4.69, 9.17) is 4.42 Å². The zero-order valence-corrected chi connectivity index (χ0v) is 14.0. The second-order valence-electron chi connectivity index (χ2n) is 5.11. The lowest BCUT2D eigenvalue weighted by atomic mass is 10.1. The van der Waals surface area contributed by atoms with Gasteiger partial charge in [-0.2, -0.15) is 8.78 Å². The third kappa shape index (κ3) is 4.66. The van der Waals surface area contributed by atoms with Gasteiger partial charge in [-0.25, -0.2) is 9.37 Å². The first kappa shape index (κ1) is 18.1. The lowest BCUT2D eigenvalue weighted by molar-refractivity contribution is -0.0498. The molecule has 0 amide bonds. The van der Waals surface area contributed by atoms with Gasteiger partial charge in [0.15, 0.2) is 11.5 Å². The summed E-state index contributed by atoms with van der Waals surface area (Å²) in [6, 6.07) is 11.2. The van der Waals surface area contributed by atoms with E-state index in [-0.39, 0.29) is 23.1 Å². The average Bonchev–Trinajstić information content (AvgIpc) is 3.09. The van der Waals surface area contributed by atoms with E-state index in [1.807, 2.05) is 0 Å². The summed E-state index contributed by atoms with van der Waals surface area (Å²) in [4.78, 5) is 16.2. The topological polar surface area (TPSA) is 52.3 Å². The molecule has 8 heteroatoms. The van der Waals surface area contributed by atoms with Crippen LogP contribution in [-0.4, -0.2) is 23.1 Å². The highest BCUT2D eigenvalue weighted by atomic mass is 32.2. The highest BCUT2D eigenvalue weighted by Crippen LogP contribution is 2.26. The molecule has 0 atom stereocenters. The molecular weight excluding hydrogens is 367 g/mol. The first-order valence-electron chi connectivity index (χ1n) is 7.44. The molecule has 0 fully saturated rings. The van der Waals surface area contributed by atoms with Crippen molar-refractivity contribution < 1.29 is 27.1 Å². The van der Waals surface area contributed by atoms with Gasteiger partial charge in [0.2, 0.25) is 0 Å². The summed E-state index contributed by atoms with van der Waals surface area (Å²) in [6.07, 6.45) is 1.50. The first-order valence-corrected chi connectivity index (χ1v) is 8.42. The number of hydrogen-bond donors (Lipinski definition) is 0. The molecule has 0 aliphatic heterocycles. The Bertz CT molecular complexity index is 879. The van der Waals surface area contributed by atoms with Crippen molar-refractivity contribution in [3.05, 3.63) is 66.1 Å². The zero-order chi connectivity index (χ0) is 18.5. The number of ether oxygens (including phenoxy) is 1. The molecule has 4 nitrogen and oxygen atoms in total. The minimum Gasteiger partial charge on any atom is -0.435 e. The fourth-order valence-electron chi connectivity index (χ4n) is 2.11. The van der Waals surface area contributed by atoms with Gasteiger partial charge in [0, 0.05) is 11.1 Å². The van der Waals surface area contributed by atoms with Gasteiger partial charge in [-0.1, -0.05) is 11.8 Å². The van der Waals surface area contributed by atoms with E-state index in [1.54, 1.807) is 12.1 Å². The summed E-state index contributed by atoms with van der Waals surface area (Å²) >= 11 is 1.10. The maximum absolute atomic E-state index is 12.9. The molecular formula is C18H12F3NO3S. The predicted octanol–water partition coefficient (Wildman–Crippen LogP) is 5.06. The molecule has 0 saturated carbocycles. The zero-order valence-electron chi connectivity index (χ0n) is 13.2. The standard InChI is InChI=1S/C18H12F3NO3S/c19-13-5-1-12(2-6-13)16-9-22-18(25-16)26-10-15(23)11-3-7-14(8-4-11)24-17(20)21/h1-9,17H,10H2. The molecule has 134 valence electrons. The van der Waals surface area contributed by atoms with Crippen LogP contribution in [0.1, 0.15) is 10.4 Å².